The smallest absolute Gasteiger partial charge is 0.262 e. The summed E-state index contributed by atoms with van der Waals surface area (Å²) in [5.41, 5.74) is 1.46. The van der Waals surface area contributed by atoms with E-state index < -0.39 is 0 Å². The third-order valence-electron chi connectivity index (χ3n) is 2.91. The molecular formula is C14H8Br2N2O3. The predicted molar refractivity (Wildman–Crippen MR) is 83.6 cm³/mol. The Morgan fingerprint density at radius 2 is 2.05 bits per heavy atom. The maximum atomic E-state index is 12.5. The topological polar surface area (TPSA) is 68.3 Å². The summed E-state index contributed by atoms with van der Waals surface area (Å²) >= 11 is 6.64. The van der Waals surface area contributed by atoms with Crippen LogP contribution in [-0.4, -0.2) is 23.3 Å². The minimum Gasteiger partial charge on any atom is -0.482 e. The number of carbonyl (C=O) groups excluding carboxylic acids is 2. The number of nitrogens with zero attached hydrogens (tertiary/aromatic N) is 1. The zero-order chi connectivity index (χ0) is 15.0. The van der Waals surface area contributed by atoms with Crippen molar-refractivity contribution in [2.75, 3.05) is 11.9 Å². The van der Waals surface area contributed by atoms with Gasteiger partial charge in [0.05, 0.1) is 5.69 Å². The summed E-state index contributed by atoms with van der Waals surface area (Å²) in [6.07, 6.45) is 3.11. The van der Waals surface area contributed by atoms with Crippen molar-refractivity contribution in [1.29, 1.82) is 0 Å². The second kappa shape index (κ2) is 5.57. The highest BCUT2D eigenvalue weighted by atomic mass is 79.9. The minimum atomic E-state index is -0.218. The molecule has 0 atom stereocenters. The molecule has 1 N–H and O–H groups in total. The Balaban J connectivity index is 2.03. The van der Waals surface area contributed by atoms with Crippen LogP contribution in [-0.2, 0) is 4.79 Å². The highest BCUT2D eigenvalue weighted by molar-refractivity contribution is 9.10. The van der Waals surface area contributed by atoms with Gasteiger partial charge in [-0.25, -0.2) is 0 Å². The molecule has 5 nitrogen and oxygen atoms in total. The largest absolute Gasteiger partial charge is 0.482 e. The molecule has 0 bridgehead atoms. The fraction of sp³-hybridized carbons (Fsp3) is 0.0714. The first-order valence-electron chi connectivity index (χ1n) is 5.96. The number of anilines is 1. The van der Waals surface area contributed by atoms with E-state index in [0.29, 0.717) is 27.0 Å². The van der Waals surface area contributed by atoms with Crippen molar-refractivity contribution < 1.29 is 14.3 Å². The number of halogens is 2. The van der Waals surface area contributed by atoms with E-state index in [1.54, 1.807) is 24.4 Å². The molecule has 0 aliphatic carbocycles. The van der Waals surface area contributed by atoms with Gasteiger partial charge in [-0.05, 0) is 50.1 Å². The van der Waals surface area contributed by atoms with E-state index in [2.05, 4.69) is 42.2 Å². The molecule has 0 radical (unpaired) electrons. The average molecular weight is 412 g/mol. The molecule has 1 amide bonds. The Bertz CT molecular complexity index is 762. The molecule has 1 aromatic carbocycles. The van der Waals surface area contributed by atoms with E-state index >= 15 is 0 Å². The molecule has 3 rings (SSSR count). The molecule has 0 fully saturated rings. The van der Waals surface area contributed by atoms with Crippen molar-refractivity contribution >= 4 is 49.2 Å². The minimum absolute atomic E-state index is 0.0549. The first kappa shape index (κ1) is 14.2. The Kier molecular flexibility index (Phi) is 3.77. The number of rotatable bonds is 2. The van der Waals surface area contributed by atoms with Crippen molar-refractivity contribution in [2.45, 2.75) is 0 Å². The maximum absolute atomic E-state index is 12.5. The van der Waals surface area contributed by atoms with E-state index in [4.69, 9.17) is 4.74 Å². The normalized spacial score (nSPS) is 13.1. The summed E-state index contributed by atoms with van der Waals surface area (Å²) in [4.78, 5) is 27.8. The summed E-state index contributed by atoms with van der Waals surface area (Å²) in [6, 6.07) is 4.97. The number of benzene rings is 1. The number of hydrogen-bond acceptors (Lipinski definition) is 4. The van der Waals surface area contributed by atoms with Crippen LogP contribution in [0.5, 0.6) is 5.75 Å². The molecule has 2 aromatic rings. The highest BCUT2D eigenvalue weighted by Crippen LogP contribution is 2.34. The summed E-state index contributed by atoms with van der Waals surface area (Å²) in [5, 5.41) is 2.69. The zero-order valence-corrected chi connectivity index (χ0v) is 13.7. The van der Waals surface area contributed by atoms with Crippen molar-refractivity contribution in [1.82, 2.24) is 4.98 Å². The molecule has 1 aliphatic rings. The van der Waals surface area contributed by atoms with Crippen molar-refractivity contribution in [3.63, 3.8) is 0 Å². The van der Waals surface area contributed by atoms with Crippen LogP contribution in [0.15, 0.2) is 39.5 Å². The van der Waals surface area contributed by atoms with Crippen LogP contribution >= 0.6 is 31.9 Å². The quantitative estimate of drug-likeness (QED) is 0.770. The van der Waals surface area contributed by atoms with Crippen molar-refractivity contribution in [3.8, 4) is 5.75 Å². The molecule has 0 unspecified atom stereocenters. The third-order valence-corrected chi connectivity index (χ3v) is 4.00. The van der Waals surface area contributed by atoms with Gasteiger partial charge in [-0.1, -0.05) is 0 Å². The van der Waals surface area contributed by atoms with Gasteiger partial charge in [0.25, 0.3) is 5.91 Å². The molecule has 0 saturated heterocycles. The molecule has 7 heteroatoms. The standard InChI is InChI=1S/C14H8Br2N2O3/c15-8-1-7(4-17-5-8)14(20)9-2-12-11(3-10(9)16)18-13(19)6-21-12/h1-5H,6H2,(H,18,19). The number of ether oxygens (including phenoxy) is 1. The first-order valence-corrected chi connectivity index (χ1v) is 7.54. The molecule has 0 saturated carbocycles. The van der Waals surface area contributed by atoms with E-state index in [-0.39, 0.29) is 18.3 Å². The number of fused-ring (bicyclic) bond motifs is 1. The van der Waals surface area contributed by atoms with Gasteiger partial charge in [-0.15, -0.1) is 0 Å². The number of aromatic nitrogens is 1. The van der Waals surface area contributed by atoms with Gasteiger partial charge in [0.2, 0.25) is 0 Å². The van der Waals surface area contributed by atoms with Crippen LogP contribution in [0.1, 0.15) is 15.9 Å². The van der Waals surface area contributed by atoms with Gasteiger partial charge in [-0.3, -0.25) is 14.6 Å². The van der Waals surface area contributed by atoms with Crippen LogP contribution in [0.25, 0.3) is 0 Å². The van der Waals surface area contributed by atoms with Crippen LogP contribution in [0.3, 0.4) is 0 Å². The monoisotopic (exact) mass is 410 g/mol. The SMILES string of the molecule is O=C1COc2cc(C(=O)c3cncc(Br)c3)c(Br)cc2N1. The summed E-state index contributed by atoms with van der Waals surface area (Å²) in [7, 11) is 0. The lowest BCUT2D eigenvalue weighted by atomic mass is 10.0. The third kappa shape index (κ3) is 2.84. The first-order chi connectivity index (χ1) is 10.0. The predicted octanol–water partition coefficient (Wildman–Crippen LogP) is 3.17. The molecule has 21 heavy (non-hydrogen) atoms. The Labute approximate surface area is 137 Å². The Morgan fingerprint density at radius 1 is 1.24 bits per heavy atom. The molecule has 1 aliphatic heterocycles. The maximum Gasteiger partial charge on any atom is 0.262 e. The molecule has 106 valence electrons. The van der Waals surface area contributed by atoms with Crippen LogP contribution < -0.4 is 10.1 Å². The summed E-state index contributed by atoms with van der Waals surface area (Å²) < 4.78 is 6.64. The lowest BCUT2D eigenvalue weighted by Gasteiger charge is -2.19. The molecule has 2 heterocycles. The van der Waals surface area contributed by atoms with E-state index in [1.165, 1.54) is 6.20 Å². The number of hydrogen-bond donors (Lipinski definition) is 1. The van der Waals surface area contributed by atoms with Crippen LogP contribution in [0.4, 0.5) is 5.69 Å². The van der Waals surface area contributed by atoms with Crippen LogP contribution in [0.2, 0.25) is 0 Å². The van der Waals surface area contributed by atoms with Crippen molar-refractivity contribution in [2.24, 2.45) is 0 Å². The Hall–Kier alpha value is -1.73. The second-order valence-electron chi connectivity index (χ2n) is 4.39. The van der Waals surface area contributed by atoms with E-state index in [0.717, 1.165) is 4.47 Å². The Morgan fingerprint density at radius 3 is 2.81 bits per heavy atom. The number of carbonyl (C=O) groups is 2. The van der Waals surface area contributed by atoms with Crippen LogP contribution in [0, 0.1) is 0 Å². The number of ketones is 1. The van der Waals surface area contributed by atoms with Gasteiger partial charge in [0, 0.05) is 32.5 Å². The fourth-order valence-electron chi connectivity index (χ4n) is 1.97. The fourth-order valence-corrected chi connectivity index (χ4v) is 2.85. The summed E-state index contributed by atoms with van der Waals surface area (Å²) in [5.74, 6) is 0.0766. The molecule has 1 aromatic heterocycles. The average Bonchev–Trinajstić information content (AvgIpc) is 2.45. The lowest BCUT2D eigenvalue weighted by molar-refractivity contribution is -0.118. The zero-order valence-electron chi connectivity index (χ0n) is 10.5. The van der Waals surface area contributed by atoms with E-state index in [9.17, 15) is 9.59 Å². The molecule has 0 spiro atoms. The van der Waals surface area contributed by atoms with Gasteiger partial charge < -0.3 is 10.1 Å². The van der Waals surface area contributed by atoms with E-state index in [1.807, 2.05) is 0 Å². The number of pyridine rings is 1. The van der Waals surface area contributed by atoms with Gasteiger partial charge in [-0.2, -0.15) is 0 Å². The second-order valence-corrected chi connectivity index (χ2v) is 6.16. The molecular weight excluding hydrogens is 404 g/mol. The van der Waals surface area contributed by atoms with Gasteiger partial charge in [0.1, 0.15) is 5.75 Å². The lowest BCUT2D eigenvalue weighted by Crippen LogP contribution is -2.25. The number of nitrogens with one attached hydrogen (secondary N) is 1. The van der Waals surface area contributed by atoms with Gasteiger partial charge in [0.15, 0.2) is 12.4 Å². The highest BCUT2D eigenvalue weighted by Gasteiger charge is 2.21. The van der Waals surface area contributed by atoms with Crippen molar-refractivity contribution in [3.05, 3.63) is 50.7 Å². The number of amides is 1. The van der Waals surface area contributed by atoms with Gasteiger partial charge >= 0.3 is 0 Å². The summed E-state index contributed by atoms with van der Waals surface area (Å²) in [6.45, 7) is -0.0549.